The minimum atomic E-state index is -0.406. The van der Waals surface area contributed by atoms with E-state index in [9.17, 15) is 4.79 Å². The molecule has 0 heterocycles. The molecule has 3 N–H and O–H groups in total. The van der Waals surface area contributed by atoms with Gasteiger partial charge in [-0.2, -0.15) is 0 Å². The number of amides is 1. The lowest BCUT2D eigenvalue weighted by molar-refractivity contribution is 0.1000. The fraction of sp³-hybridized carbons (Fsp3) is 0.467. The average Bonchev–Trinajstić information content (AvgIpc) is 2.46. The number of nitrogens with zero attached hydrogens (tertiary/aromatic N) is 2. The van der Waals surface area contributed by atoms with Crippen molar-refractivity contribution in [3.8, 4) is 0 Å². The molecule has 0 fully saturated rings. The van der Waals surface area contributed by atoms with E-state index in [4.69, 9.17) is 5.73 Å². The highest BCUT2D eigenvalue weighted by Crippen LogP contribution is 2.04. The molecule has 1 amide bonds. The predicted octanol–water partition coefficient (Wildman–Crippen LogP) is 1.59. The zero-order valence-corrected chi connectivity index (χ0v) is 12.5. The number of carbonyl (C=O) groups excluding carboxylic acids is 1. The molecule has 20 heavy (non-hydrogen) atoms. The van der Waals surface area contributed by atoms with Crippen LogP contribution in [0.25, 0.3) is 0 Å². The molecule has 0 aliphatic heterocycles. The van der Waals surface area contributed by atoms with Gasteiger partial charge in [-0.15, -0.1) is 0 Å². The Labute approximate surface area is 120 Å². The molecule has 0 aromatic heterocycles. The van der Waals surface area contributed by atoms with Crippen molar-refractivity contribution in [3.05, 3.63) is 35.4 Å². The van der Waals surface area contributed by atoms with Crippen molar-refractivity contribution in [2.75, 3.05) is 20.6 Å². The summed E-state index contributed by atoms with van der Waals surface area (Å²) < 4.78 is 0. The van der Waals surface area contributed by atoms with Gasteiger partial charge < -0.3 is 16.0 Å². The van der Waals surface area contributed by atoms with Gasteiger partial charge in [0.05, 0.1) is 0 Å². The fourth-order valence-corrected chi connectivity index (χ4v) is 1.90. The summed E-state index contributed by atoms with van der Waals surface area (Å²) in [6.45, 7) is 3.75. The van der Waals surface area contributed by atoms with Gasteiger partial charge in [0, 0.05) is 32.7 Å². The highest BCUT2D eigenvalue weighted by Gasteiger charge is 2.06. The van der Waals surface area contributed by atoms with Crippen molar-refractivity contribution >= 4 is 11.9 Å². The zero-order valence-electron chi connectivity index (χ0n) is 12.5. The molecule has 0 aliphatic carbocycles. The molecule has 0 spiro atoms. The number of rotatable bonds is 6. The lowest BCUT2D eigenvalue weighted by atomic mass is 10.1. The van der Waals surface area contributed by atoms with E-state index >= 15 is 0 Å². The molecule has 0 atom stereocenters. The zero-order chi connectivity index (χ0) is 15.0. The highest BCUT2D eigenvalue weighted by molar-refractivity contribution is 5.92. The monoisotopic (exact) mass is 276 g/mol. The van der Waals surface area contributed by atoms with Crippen molar-refractivity contribution < 1.29 is 4.79 Å². The lowest BCUT2D eigenvalue weighted by Gasteiger charge is -2.21. The molecule has 0 radical (unpaired) electrons. The van der Waals surface area contributed by atoms with E-state index in [1.165, 1.54) is 0 Å². The Balaban J connectivity index is 2.60. The second-order valence-corrected chi connectivity index (χ2v) is 4.74. The van der Waals surface area contributed by atoms with Crippen LogP contribution < -0.4 is 11.1 Å². The number of nitrogens with one attached hydrogen (secondary N) is 1. The van der Waals surface area contributed by atoms with Gasteiger partial charge in [0.25, 0.3) is 0 Å². The van der Waals surface area contributed by atoms with Crippen LogP contribution in [0, 0.1) is 0 Å². The van der Waals surface area contributed by atoms with Gasteiger partial charge in [-0.25, -0.2) is 0 Å². The van der Waals surface area contributed by atoms with Gasteiger partial charge in [-0.05, 0) is 24.1 Å². The summed E-state index contributed by atoms with van der Waals surface area (Å²) in [5, 5.41) is 3.28. The molecule has 0 saturated heterocycles. The van der Waals surface area contributed by atoms with Gasteiger partial charge >= 0.3 is 0 Å². The van der Waals surface area contributed by atoms with E-state index in [1.54, 1.807) is 19.2 Å². The Morgan fingerprint density at radius 1 is 1.45 bits per heavy atom. The number of guanidine groups is 1. The van der Waals surface area contributed by atoms with E-state index < -0.39 is 5.91 Å². The van der Waals surface area contributed by atoms with Crippen LogP contribution in [-0.4, -0.2) is 37.4 Å². The second kappa shape index (κ2) is 8.19. The van der Waals surface area contributed by atoms with Crippen molar-refractivity contribution in [2.24, 2.45) is 10.7 Å². The standard InChI is InChI=1S/C15H24N4O/c1-4-5-9-19(3)15(17-2)18-11-12-7-6-8-13(10-12)14(16)20/h6-8,10H,4-5,9,11H2,1-3H3,(H2,16,20)(H,17,18). The molecule has 0 aliphatic rings. The number of benzene rings is 1. The summed E-state index contributed by atoms with van der Waals surface area (Å²) in [7, 11) is 3.79. The maximum atomic E-state index is 11.1. The number of nitrogens with two attached hydrogens (primary N) is 1. The van der Waals surface area contributed by atoms with Gasteiger partial charge in [-0.1, -0.05) is 25.5 Å². The van der Waals surface area contributed by atoms with Gasteiger partial charge in [0.1, 0.15) is 0 Å². The van der Waals surface area contributed by atoms with Gasteiger partial charge in [-0.3, -0.25) is 9.79 Å². The number of hydrogen-bond donors (Lipinski definition) is 2. The van der Waals surface area contributed by atoms with Crippen LogP contribution in [0.2, 0.25) is 0 Å². The van der Waals surface area contributed by atoms with E-state index in [1.807, 2.05) is 19.2 Å². The normalized spacial score (nSPS) is 11.2. The molecule has 0 saturated carbocycles. The van der Waals surface area contributed by atoms with Crippen molar-refractivity contribution in [1.82, 2.24) is 10.2 Å². The van der Waals surface area contributed by atoms with E-state index in [-0.39, 0.29) is 0 Å². The Hall–Kier alpha value is -2.04. The van der Waals surface area contributed by atoms with Crippen LogP contribution in [-0.2, 0) is 6.54 Å². The predicted molar refractivity (Wildman–Crippen MR) is 82.7 cm³/mol. The summed E-state index contributed by atoms with van der Waals surface area (Å²) in [6, 6.07) is 7.31. The number of carbonyl (C=O) groups is 1. The third kappa shape index (κ3) is 4.91. The first-order chi connectivity index (χ1) is 9.58. The third-order valence-corrected chi connectivity index (χ3v) is 3.08. The Bertz CT molecular complexity index is 471. The number of aliphatic imine (C=N–C) groups is 1. The van der Waals surface area contributed by atoms with Gasteiger partial charge in [0.15, 0.2) is 5.96 Å². The molecule has 0 unspecified atom stereocenters. The Kier molecular flexibility index (Phi) is 6.56. The third-order valence-electron chi connectivity index (χ3n) is 3.08. The topological polar surface area (TPSA) is 70.7 Å². The summed E-state index contributed by atoms with van der Waals surface area (Å²) in [6.07, 6.45) is 2.29. The second-order valence-electron chi connectivity index (χ2n) is 4.74. The first kappa shape index (κ1) is 16.0. The fourth-order valence-electron chi connectivity index (χ4n) is 1.90. The van der Waals surface area contributed by atoms with Crippen molar-refractivity contribution in [3.63, 3.8) is 0 Å². The van der Waals surface area contributed by atoms with E-state index in [2.05, 4.69) is 22.1 Å². The smallest absolute Gasteiger partial charge is 0.248 e. The van der Waals surface area contributed by atoms with Crippen LogP contribution in [0.15, 0.2) is 29.3 Å². The minimum Gasteiger partial charge on any atom is -0.366 e. The van der Waals surface area contributed by atoms with Crippen LogP contribution >= 0.6 is 0 Å². The molecule has 5 heteroatoms. The first-order valence-electron chi connectivity index (χ1n) is 6.89. The van der Waals surface area contributed by atoms with Crippen molar-refractivity contribution in [1.29, 1.82) is 0 Å². The van der Waals surface area contributed by atoms with Crippen LogP contribution in [0.4, 0.5) is 0 Å². The summed E-state index contributed by atoms with van der Waals surface area (Å²) in [5.41, 5.74) is 6.81. The molecule has 1 aromatic carbocycles. The SMILES string of the molecule is CCCCN(C)C(=NC)NCc1cccc(C(N)=O)c1. The molecule has 110 valence electrons. The lowest BCUT2D eigenvalue weighted by Crippen LogP contribution is -2.39. The largest absolute Gasteiger partial charge is 0.366 e. The molecule has 1 rings (SSSR count). The van der Waals surface area contributed by atoms with Gasteiger partial charge in [0.2, 0.25) is 5.91 Å². The molecule has 5 nitrogen and oxygen atoms in total. The van der Waals surface area contributed by atoms with Crippen LogP contribution in [0.1, 0.15) is 35.7 Å². The number of hydrogen-bond acceptors (Lipinski definition) is 2. The summed E-state index contributed by atoms with van der Waals surface area (Å²) in [5.74, 6) is 0.444. The first-order valence-corrected chi connectivity index (χ1v) is 6.89. The highest BCUT2D eigenvalue weighted by atomic mass is 16.1. The van der Waals surface area contributed by atoms with E-state index in [0.29, 0.717) is 12.1 Å². The maximum Gasteiger partial charge on any atom is 0.248 e. The van der Waals surface area contributed by atoms with Crippen LogP contribution in [0.5, 0.6) is 0 Å². The molecular weight excluding hydrogens is 252 g/mol. The average molecular weight is 276 g/mol. The molecule has 0 bridgehead atoms. The number of primary amides is 1. The van der Waals surface area contributed by atoms with E-state index in [0.717, 1.165) is 30.9 Å². The van der Waals surface area contributed by atoms with Crippen LogP contribution in [0.3, 0.4) is 0 Å². The van der Waals surface area contributed by atoms with Crippen molar-refractivity contribution in [2.45, 2.75) is 26.3 Å². The summed E-state index contributed by atoms with van der Waals surface area (Å²) >= 11 is 0. The Morgan fingerprint density at radius 2 is 2.20 bits per heavy atom. The number of unbranched alkanes of at least 4 members (excludes halogenated alkanes) is 1. The Morgan fingerprint density at radius 3 is 2.80 bits per heavy atom. The minimum absolute atomic E-state index is 0.406. The maximum absolute atomic E-state index is 11.1. The quantitative estimate of drug-likeness (QED) is 0.612. The summed E-state index contributed by atoms with van der Waals surface area (Å²) in [4.78, 5) is 17.5. The molecular formula is C15H24N4O. The molecule has 1 aromatic rings.